The first-order valence-electron chi connectivity index (χ1n) is 5.63. The van der Waals surface area contributed by atoms with E-state index in [9.17, 15) is 0 Å². The smallest absolute Gasteiger partial charge is 0.231 e. The van der Waals surface area contributed by atoms with E-state index >= 15 is 0 Å². The molecule has 7 heteroatoms. The maximum Gasteiger partial charge on any atom is 0.231 e. The molecule has 0 saturated heterocycles. The Balaban J connectivity index is 1.88. The lowest BCUT2D eigenvalue weighted by atomic mass is 10.3. The van der Waals surface area contributed by atoms with Gasteiger partial charge >= 0.3 is 0 Å². The number of fused-ring (bicyclic) bond motifs is 1. The van der Waals surface area contributed by atoms with Gasteiger partial charge in [0, 0.05) is 18.8 Å². The Morgan fingerprint density at radius 2 is 2.11 bits per heavy atom. The monoisotopic (exact) mass is 278 g/mol. The Morgan fingerprint density at radius 1 is 1.26 bits per heavy atom. The highest BCUT2D eigenvalue weighted by Crippen LogP contribution is 2.35. The number of rotatable bonds is 3. The van der Waals surface area contributed by atoms with E-state index in [0.717, 1.165) is 11.4 Å². The number of ether oxygens (including phenoxy) is 2. The van der Waals surface area contributed by atoms with Crippen LogP contribution in [0, 0.1) is 0 Å². The van der Waals surface area contributed by atoms with Crippen molar-refractivity contribution < 1.29 is 9.47 Å². The van der Waals surface area contributed by atoms with Gasteiger partial charge in [0.1, 0.15) is 5.02 Å². The van der Waals surface area contributed by atoms with Gasteiger partial charge in [-0.1, -0.05) is 11.6 Å². The molecule has 0 unspecified atom stereocenters. The summed E-state index contributed by atoms with van der Waals surface area (Å²) in [6.07, 6.45) is 1.54. The second kappa shape index (κ2) is 4.81. The molecule has 0 bridgehead atoms. The third-order valence-corrected chi connectivity index (χ3v) is 2.88. The Kier molecular flexibility index (Phi) is 3.00. The molecule has 6 nitrogen and oxygen atoms in total. The molecular weight excluding hydrogens is 268 g/mol. The van der Waals surface area contributed by atoms with E-state index in [2.05, 4.69) is 20.6 Å². The van der Waals surface area contributed by atoms with E-state index < -0.39 is 0 Å². The summed E-state index contributed by atoms with van der Waals surface area (Å²) in [4.78, 5) is 8.26. The molecule has 1 aliphatic rings. The molecule has 0 spiro atoms. The van der Waals surface area contributed by atoms with Crippen molar-refractivity contribution in [3.63, 3.8) is 0 Å². The second-order valence-corrected chi connectivity index (χ2v) is 4.24. The van der Waals surface area contributed by atoms with Gasteiger partial charge in [-0.3, -0.25) is 0 Å². The normalized spacial score (nSPS) is 12.3. The van der Waals surface area contributed by atoms with Gasteiger partial charge in [0.25, 0.3) is 0 Å². The minimum Gasteiger partial charge on any atom is -0.454 e. The van der Waals surface area contributed by atoms with E-state index in [1.807, 2.05) is 18.2 Å². The number of aromatic nitrogens is 2. The summed E-state index contributed by atoms with van der Waals surface area (Å²) in [6.45, 7) is 0.247. The van der Waals surface area contributed by atoms with Crippen LogP contribution in [0.2, 0.25) is 5.02 Å². The zero-order valence-corrected chi connectivity index (χ0v) is 10.9. The van der Waals surface area contributed by atoms with Gasteiger partial charge in [-0.2, -0.15) is 4.98 Å². The largest absolute Gasteiger partial charge is 0.454 e. The summed E-state index contributed by atoms with van der Waals surface area (Å²) in [5, 5.41) is 6.42. The van der Waals surface area contributed by atoms with Crippen LogP contribution in [-0.2, 0) is 0 Å². The van der Waals surface area contributed by atoms with Crippen LogP contribution in [0.1, 0.15) is 0 Å². The fourth-order valence-corrected chi connectivity index (χ4v) is 1.82. The summed E-state index contributed by atoms with van der Waals surface area (Å²) < 4.78 is 10.6. The first-order valence-corrected chi connectivity index (χ1v) is 6.01. The molecule has 3 rings (SSSR count). The van der Waals surface area contributed by atoms with E-state index in [1.54, 1.807) is 7.05 Å². The predicted octanol–water partition coefficient (Wildman–Crippen LogP) is 2.64. The summed E-state index contributed by atoms with van der Waals surface area (Å²) in [6, 6.07) is 5.53. The molecule has 1 aromatic carbocycles. The van der Waals surface area contributed by atoms with Crippen LogP contribution in [0.4, 0.5) is 17.5 Å². The number of nitrogens with zero attached hydrogens (tertiary/aromatic N) is 2. The molecule has 0 radical (unpaired) electrons. The molecule has 98 valence electrons. The van der Waals surface area contributed by atoms with Crippen molar-refractivity contribution in [2.75, 3.05) is 24.5 Å². The van der Waals surface area contributed by atoms with Gasteiger partial charge in [-0.25, -0.2) is 4.98 Å². The molecule has 2 heterocycles. The number of benzene rings is 1. The van der Waals surface area contributed by atoms with Crippen LogP contribution in [0.15, 0.2) is 24.4 Å². The second-order valence-electron chi connectivity index (χ2n) is 3.83. The SMILES string of the molecule is CNc1ncc(Cl)c(Nc2ccc3c(c2)OCO3)n1. The highest BCUT2D eigenvalue weighted by atomic mass is 35.5. The summed E-state index contributed by atoms with van der Waals surface area (Å²) >= 11 is 6.05. The lowest BCUT2D eigenvalue weighted by Crippen LogP contribution is -2.01. The van der Waals surface area contributed by atoms with Gasteiger partial charge in [-0.05, 0) is 12.1 Å². The molecule has 2 aromatic rings. The summed E-state index contributed by atoms with van der Waals surface area (Å²) in [5.41, 5.74) is 0.812. The first kappa shape index (κ1) is 11.9. The van der Waals surface area contributed by atoms with Gasteiger partial charge < -0.3 is 20.1 Å². The minimum atomic E-state index is 0.247. The predicted molar refractivity (Wildman–Crippen MR) is 72.4 cm³/mol. The Labute approximate surface area is 114 Å². The third-order valence-electron chi connectivity index (χ3n) is 2.60. The number of hydrogen-bond acceptors (Lipinski definition) is 6. The number of anilines is 3. The van der Waals surface area contributed by atoms with Crippen LogP contribution < -0.4 is 20.1 Å². The van der Waals surface area contributed by atoms with Crippen molar-refractivity contribution in [2.45, 2.75) is 0 Å². The van der Waals surface area contributed by atoms with Crippen molar-refractivity contribution in [2.24, 2.45) is 0 Å². The maximum absolute atomic E-state index is 6.05. The highest BCUT2D eigenvalue weighted by molar-refractivity contribution is 6.32. The van der Waals surface area contributed by atoms with E-state index in [4.69, 9.17) is 21.1 Å². The van der Waals surface area contributed by atoms with Crippen molar-refractivity contribution in [1.82, 2.24) is 9.97 Å². The van der Waals surface area contributed by atoms with Crippen LogP contribution >= 0.6 is 11.6 Å². The molecule has 0 amide bonds. The van der Waals surface area contributed by atoms with Crippen molar-refractivity contribution in [3.05, 3.63) is 29.4 Å². The van der Waals surface area contributed by atoms with Crippen molar-refractivity contribution in [3.8, 4) is 11.5 Å². The standard InChI is InChI=1S/C12H11ClN4O2/c1-14-12-15-5-8(13)11(17-12)16-7-2-3-9-10(4-7)19-6-18-9/h2-5H,6H2,1H3,(H2,14,15,16,17). The number of nitrogens with one attached hydrogen (secondary N) is 2. The number of hydrogen-bond donors (Lipinski definition) is 2. The Bertz CT molecular complexity index is 621. The van der Waals surface area contributed by atoms with Crippen LogP contribution in [0.3, 0.4) is 0 Å². The molecule has 2 N–H and O–H groups in total. The molecular formula is C12H11ClN4O2. The van der Waals surface area contributed by atoms with Crippen molar-refractivity contribution >= 4 is 29.1 Å². The molecule has 0 saturated carbocycles. The van der Waals surface area contributed by atoms with Crippen LogP contribution in [-0.4, -0.2) is 23.8 Å². The summed E-state index contributed by atoms with van der Waals surface area (Å²) in [7, 11) is 1.74. The lowest BCUT2D eigenvalue weighted by Gasteiger charge is -2.09. The van der Waals surface area contributed by atoms with Gasteiger partial charge in [0.05, 0.1) is 6.20 Å². The quantitative estimate of drug-likeness (QED) is 0.900. The van der Waals surface area contributed by atoms with Crippen molar-refractivity contribution in [1.29, 1.82) is 0 Å². The number of halogens is 1. The zero-order chi connectivity index (χ0) is 13.2. The highest BCUT2D eigenvalue weighted by Gasteiger charge is 2.14. The third kappa shape index (κ3) is 2.34. The molecule has 1 aliphatic heterocycles. The zero-order valence-electron chi connectivity index (χ0n) is 10.1. The average Bonchev–Trinajstić information content (AvgIpc) is 2.89. The average molecular weight is 279 g/mol. The summed E-state index contributed by atoms with van der Waals surface area (Å²) in [5.74, 6) is 2.45. The van der Waals surface area contributed by atoms with E-state index in [-0.39, 0.29) is 6.79 Å². The van der Waals surface area contributed by atoms with E-state index in [0.29, 0.717) is 22.5 Å². The molecule has 1 aromatic heterocycles. The van der Waals surface area contributed by atoms with E-state index in [1.165, 1.54) is 6.20 Å². The minimum absolute atomic E-state index is 0.247. The Morgan fingerprint density at radius 3 is 2.95 bits per heavy atom. The van der Waals surface area contributed by atoms with Gasteiger partial charge in [0.15, 0.2) is 17.3 Å². The molecule has 0 fully saturated rings. The fourth-order valence-electron chi connectivity index (χ4n) is 1.69. The Hall–Kier alpha value is -2.21. The van der Waals surface area contributed by atoms with Crippen LogP contribution in [0.5, 0.6) is 11.5 Å². The molecule has 0 aliphatic carbocycles. The first-order chi connectivity index (χ1) is 9.26. The van der Waals surface area contributed by atoms with Gasteiger partial charge in [0.2, 0.25) is 12.7 Å². The topological polar surface area (TPSA) is 68.3 Å². The lowest BCUT2D eigenvalue weighted by molar-refractivity contribution is 0.174. The maximum atomic E-state index is 6.05. The fraction of sp³-hybridized carbons (Fsp3) is 0.167. The van der Waals surface area contributed by atoms with Gasteiger partial charge in [-0.15, -0.1) is 0 Å². The molecule has 19 heavy (non-hydrogen) atoms. The van der Waals surface area contributed by atoms with Crippen LogP contribution in [0.25, 0.3) is 0 Å². The molecule has 0 atom stereocenters.